The summed E-state index contributed by atoms with van der Waals surface area (Å²) in [6, 6.07) is 10.4. The van der Waals surface area contributed by atoms with E-state index in [4.69, 9.17) is 29.4 Å². The third-order valence-electron chi connectivity index (χ3n) is 8.35. The van der Waals surface area contributed by atoms with Crippen LogP contribution in [0.1, 0.15) is 29.3 Å². The molecule has 246 valence electrons. The molecule has 6 rings (SSSR count). The number of halogens is 1. The molecule has 0 spiro atoms. The molecule has 2 atom stereocenters. The third-order valence-corrected chi connectivity index (χ3v) is 9.71. The van der Waals surface area contributed by atoms with E-state index in [-0.39, 0.29) is 23.8 Å². The van der Waals surface area contributed by atoms with Gasteiger partial charge in [0.2, 0.25) is 0 Å². The van der Waals surface area contributed by atoms with E-state index < -0.39 is 37.9 Å². The Kier molecular flexibility index (Phi) is 8.44. The Bertz CT molecular complexity index is 2010. The molecule has 1 saturated heterocycles. The number of nitrogens with zero attached hydrogens (tertiary/aromatic N) is 3. The Morgan fingerprint density at radius 2 is 1.87 bits per heavy atom. The molecule has 0 unspecified atom stereocenters. The molecule has 2 aromatic carbocycles. The molecule has 0 bridgehead atoms. The van der Waals surface area contributed by atoms with Crippen LogP contribution in [-0.2, 0) is 41.6 Å². The van der Waals surface area contributed by atoms with Crippen LogP contribution in [0.3, 0.4) is 0 Å². The van der Waals surface area contributed by atoms with E-state index in [1.54, 1.807) is 36.7 Å². The van der Waals surface area contributed by atoms with Gasteiger partial charge in [0.1, 0.15) is 22.6 Å². The van der Waals surface area contributed by atoms with Gasteiger partial charge < -0.3 is 14.0 Å². The Morgan fingerprint density at radius 3 is 2.46 bits per heavy atom. The second kappa shape index (κ2) is 12.0. The van der Waals surface area contributed by atoms with Crippen molar-refractivity contribution in [2.45, 2.75) is 38.3 Å². The van der Waals surface area contributed by atoms with Crippen molar-refractivity contribution in [1.29, 1.82) is 0 Å². The average molecular weight is 693 g/mol. The number of fused-ring (bicyclic) bond motifs is 2. The van der Waals surface area contributed by atoms with Gasteiger partial charge >= 0.3 is 5.97 Å². The number of likely N-dealkylation sites (tertiary alicyclic amines) is 1. The summed E-state index contributed by atoms with van der Waals surface area (Å²) in [6.07, 6.45) is 5.55. The first-order valence-electron chi connectivity index (χ1n) is 14.5. The Morgan fingerprint density at radius 1 is 1.13 bits per heavy atom. The molecule has 0 saturated carbocycles. The third kappa shape index (κ3) is 6.27. The van der Waals surface area contributed by atoms with Crippen LogP contribution in [0.2, 0.25) is 5.15 Å². The highest BCUT2D eigenvalue weighted by molar-refractivity contribution is 7.86. The predicted molar refractivity (Wildman–Crippen MR) is 170 cm³/mol. The fraction of sp³-hybridized carbons (Fsp3) is 0.400. The van der Waals surface area contributed by atoms with Gasteiger partial charge in [0.15, 0.2) is 5.78 Å². The fourth-order valence-electron chi connectivity index (χ4n) is 6.16. The topological polar surface area (TPSA) is 159 Å². The molecule has 2 aliphatic rings. The Labute approximate surface area is 271 Å². The lowest BCUT2D eigenvalue weighted by molar-refractivity contribution is -0.275. The molecule has 4 aromatic rings. The van der Waals surface area contributed by atoms with E-state index in [0.29, 0.717) is 34.0 Å². The van der Waals surface area contributed by atoms with E-state index in [2.05, 4.69) is 22.0 Å². The fourth-order valence-corrected chi connectivity index (χ4v) is 7.62. The highest BCUT2D eigenvalue weighted by Gasteiger charge is 2.57. The number of carbonyl (C=O) groups is 1. The highest BCUT2D eigenvalue weighted by Crippen LogP contribution is 2.44. The SMILES string of the molecule is CCN1CC[C@@H]1Cn1cc(C(=O)[C@@H]2Cc3cc(OC)ccc3OC2(OS(C)(=O)=O)OS(C)(=O)=O)c2ccc(-c3cn[nH]c3Cl)cc21. The first-order chi connectivity index (χ1) is 21.7. The monoisotopic (exact) mass is 692 g/mol. The summed E-state index contributed by atoms with van der Waals surface area (Å²) < 4.78 is 74.2. The van der Waals surface area contributed by atoms with Crippen LogP contribution in [0.4, 0.5) is 0 Å². The van der Waals surface area contributed by atoms with Gasteiger partial charge in [-0.25, -0.2) is 0 Å². The van der Waals surface area contributed by atoms with Crippen molar-refractivity contribution >= 4 is 48.5 Å². The lowest BCUT2D eigenvalue weighted by Crippen LogP contribution is -2.56. The van der Waals surface area contributed by atoms with Crippen molar-refractivity contribution in [3.05, 3.63) is 65.1 Å². The van der Waals surface area contributed by atoms with Crippen LogP contribution in [-0.4, -0.2) is 87.0 Å². The zero-order valence-corrected chi connectivity index (χ0v) is 27.9. The van der Waals surface area contributed by atoms with Gasteiger partial charge in [0, 0.05) is 47.4 Å². The highest BCUT2D eigenvalue weighted by atomic mass is 35.5. The minimum absolute atomic E-state index is 0.0749. The number of aromatic nitrogens is 3. The van der Waals surface area contributed by atoms with E-state index in [1.807, 2.05) is 10.6 Å². The average Bonchev–Trinajstić information content (AvgIpc) is 3.55. The minimum Gasteiger partial charge on any atom is -0.497 e. The quantitative estimate of drug-likeness (QED) is 0.138. The van der Waals surface area contributed by atoms with Crippen LogP contribution in [0.5, 0.6) is 11.5 Å². The Balaban J connectivity index is 1.52. The van der Waals surface area contributed by atoms with Crippen LogP contribution < -0.4 is 9.47 Å². The number of likely N-dealkylation sites (N-methyl/N-ethyl adjacent to an activating group) is 1. The number of nitrogens with one attached hydrogen (secondary N) is 1. The van der Waals surface area contributed by atoms with Crippen molar-refractivity contribution in [2.75, 3.05) is 32.7 Å². The number of benzene rings is 2. The predicted octanol–water partition coefficient (Wildman–Crippen LogP) is 3.83. The molecule has 0 radical (unpaired) electrons. The maximum atomic E-state index is 14.7. The van der Waals surface area contributed by atoms with Crippen LogP contribution in [0.25, 0.3) is 22.0 Å². The molecule has 16 heteroatoms. The van der Waals surface area contributed by atoms with Crippen molar-refractivity contribution in [3.8, 4) is 22.6 Å². The maximum Gasteiger partial charge on any atom is 0.366 e. The summed E-state index contributed by atoms with van der Waals surface area (Å²) in [6.45, 7) is 4.51. The normalized spacial score (nSPS) is 19.8. The van der Waals surface area contributed by atoms with Gasteiger partial charge in [0.05, 0.1) is 25.8 Å². The van der Waals surface area contributed by atoms with E-state index in [1.165, 1.54) is 13.2 Å². The summed E-state index contributed by atoms with van der Waals surface area (Å²) in [7, 11) is -7.40. The number of ketones is 1. The van der Waals surface area contributed by atoms with E-state index in [9.17, 15) is 21.6 Å². The summed E-state index contributed by atoms with van der Waals surface area (Å²) in [5.41, 5.74) is 2.84. The number of rotatable bonds is 11. The number of H-pyrrole nitrogens is 1. The molecular weight excluding hydrogens is 660 g/mol. The number of hydrogen-bond acceptors (Lipinski definition) is 11. The second-order valence-electron chi connectivity index (χ2n) is 11.5. The van der Waals surface area contributed by atoms with Crippen molar-refractivity contribution in [3.63, 3.8) is 0 Å². The molecule has 0 aliphatic carbocycles. The van der Waals surface area contributed by atoms with Crippen LogP contribution in [0, 0.1) is 5.92 Å². The first-order valence-corrected chi connectivity index (χ1v) is 18.5. The molecular formula is C30H33ClN4O9S2. The van der Waals surface area contributed by atoms with Crippen LogP contribution in [0.15, 0.2) is 48.8 Å². The maximum absolute atomic E-state index is 14.7. The number of carbonyl (C=O) groups excluding carboxylic acids is 1. The van der Waals surface area contributed by atoms with Crippen molar-refractivity contribution < 1.29 is 39.5 Å². The lowest BCUT2D eigenvalue weighted by atomic mass is 9.86. The molecule has 4 heterocycles. The van der Waals surface area contributed by atoms with Crippen molar-refractivity contribution in [1.82, 2.24) is 19.7 Å². The van der Waals surface area contributed by atoms with E-state index in [0.717, 1.165) is 43.1 Å². The lowest BCUT2D eigenvalue weighted by Gasteiger charge is -2.40. The largest absolute Gasteiger partial charge is 0.497 e. The smallest absolute Gasteiger partial charge is 0.366 e. The molecule has 13 nitrogen and oxygen atoms in total. The number of aromatic amines is 1. The molecule has 1 N–H and O–H groups in total. The van der Waals surface area contributed by atoms with Gasteiger partial charge in [-0.1, -0.05) is 30.7 Å². The van der Waals surface area contributed by atoms with Crippen LogP contribution >= 0.6 is 11.6 Å². The van der Waals surface area contributed by atoms with Gasteiger partial charge in [-0.2, -0.15) is 30.3 Å². The molecule has 46 heavy (non-hydrogen) atoms. The zero-order chi connectivity index (χ0) is 33.0. The second-order valence-corrected chi connectivity index (χ2v) is 15.0. The van der Waals surface area contributed by atoms with Gasteiger partial charge in [0.25, 0.3) is 20.2 Å². The first kappa shape index (κ1) is 32.5. The standard InChI is InChI=1S/C30H33ClN4O9S2/c1-5-34-11-10-20(34)16-35-17-24(22-8-6-18(14-26(22)35)23-15-32-33-29(23)31)28(36)25-13-19-12-21(41-2)7-9-27(19)42-30(25,43-45(3,37)38)44-46(4,39)40/h6-9,12,14-15,17,20,25H,5,10-11,13,16H2,1-4H3,(H,32,33)/t20-,25+/m1/s1. The molecule has 2 aliphatic heterocycles. The summed E-state index contributed by atoms with van der Waals surface area (Å²) in [4.78, 5) is 17.0. The zero-order valence-electron chi connectivity index (χ0n) is 25.5. The Hall–Kier alpha value is -3.47. The molecule has 1 fully saturated rings. The minimum atomic E-state index is -4.43. The summed E-state index contributed by atoms with van der Waals surface area (Å²) in [5, 5.41) is 7.66. The molecule has 0 amide bonds. The summed E-state index contributed by atoms with van der Waals surface area (Å²) in [5.74, 6) is -4.54. The van der Waals surface area contributed by atoms with Gasteiger partial charge in [-0.05, 0) is 54.8 Å². The van der Waals surface area contributed by atoms with E-state index >= 15 is 0 Å². The number of Topliss-reactive ketones (excluding diaryl/α,β-unsaturated/α-hetero) is 1. The molecule has 2 aromatic heterocycles. The number of methoxy groups -OCH3 is 1. The number of ether oxygens (including phenoxy) is 2. The van der Waals surface area contributed by atoms with Gasteiger partial charge in [-0.3, -0.25) is 14.8 Å². The van der Waals surface area contributed by atoms with Gasteiger partial charge in [-0.15, -0.1) is 0 Å². The number of hydrogen-bond donors (Lipinski definition) is 1. The summed E-state index contributed by atoms with van der Waals surface area (Å²) >= 11 is 6.34. The van der Waals surface area contributed by atoms with Crippen molar-refractivity contribution in [2.24, 2.45) is 5.92 Å².